The zero-order valence-electron chi connectivity index (χ0n) is 13.5. The van der Waals surface area contributed by atoms with Gasteiger partial charge in [0.1, 0.15) is 0 Å². The Bertz CT molecular complexity index is 630. The van der Waals surface area contributed by atoms with Crippen molar-refractivity contribution in [2.45, 2.75) is 19.4 Å². The largest absolute Gasteiger partial charge is 0.355 e. The summed E-state index contributed by atoms with van der Waals surface area (Å²) in [7, 11) is 0. The number of carbonyl (C=O) groups is 1. The number of carbonyl (C=O) groups excluding carboxylic acids is 1. The van der Waals surface area contributed by atoms with Gasteiger partial charge in [0.2, 0.25) is 5.91 Å². The van der Waals surface area contributed by atoms with Gasteiger partial charge < -0.3 is 11.1 Å². The predicted molar refractivity (Wildman–Crippen MR) is 99.2 cm³/mol. The van der Waals surface area contributed by atoms with E-state index < -0.39 is 0 Å². The molecule has 0 aliphatic carbocycles. The number of thiophene rings is 1. The van der Waals surface area contributed by atoms with Gasteiger partial charge in [0.15, 0.2) is 0 Å². The molecule has 4 N–H and O–H groups in total. The van der Waals surface area contributed by atoms with E-state index in [9.17, 15) is 4.79 Å². The van der Waals surface area contributed by atoms with Crippen molar-refractivity contribution in [1.82, 2.24) is 20.4 Å². The highest BCUT2D eigenvalue weighted by molar-refractivity contribution is 7.08. The van der Waals surface area contributed by atoms with Crippen LogP contribution in [0, 0.1) is 5.92 Å². The molecule has 132 valence electrons. The van der Waals surface area contributed by atoms with Gasteiger partial charge in [-0.2, -0.15) is 16.4 Å². The lowest BCUT2D eigenvalue weighted by molar-refractivity contribution is -0.126. The van der Waals surface area contributed by atoms with E-state index in [4.69, 9.17) is 5.73 Å². The molecule has 0 spiro atoms. The third-order valence-corrected chi connectivity index (χ3v) is 4.92. The minimum Gasteiger partial charge on any atom is -0.355 e. The van der Waals surface area contributed by atoms with E-state index in [-0.39, 0.29) is 24.2 Å². The number of halogens is 1. The SMILES string of the molecule is Cl.NCCNC(=O)C1CCCN(Cc2cn[nH]c2-c2ccsc2)C1. The van der Waals surface area contributed by atoms with Gasteiger partial charge in [0, 0.05) is 42.7 Å². The first-order valence-corrected chi connectivity index (χ1v) is 8.97. The van der Waals surface area contributed by atoms with Crippen molar-refractivity contribution in [3.05, 3.63) is 28.6 Å². The van der Waals surface area contributed by atoms with Gasteiger partial charge in [-0.25, -0.2) is 0 Å². The maximum Gasteiger partial charge on any atom is 0.224 e. The Hall–Kier alpha value is -1.41. The normalized spacial score (nSPS) is 18.1. The van der Waals surface area contributed by atoms with Gasteiger partial charge in [-0.05, 0) is 30.8 Å². The molecule has 1 saturated heterocycles. The number of piperidine rings is 1. The Morgan fingerprint density at radius 2 is 2.42 bits per heavy atom. The molecule has 0 aromatic carbocycles. The molecular formula is C16H24ClN5OS. The van der Waals surface area contributed by atoms with Gasteiger partial charge in [-0.1, -0.05) is 0 Å². The summed E-state index contributed by atoms with van der Waals surface area (Å²) in [5.41, 5.74) is 8.90. The lowest BCUT2D eigenvalue weighted by Gasteiger charge is -2.31. The standard InChI is InChI=1S/C16H23N5OS.ClH/c17-4-5-18-16(22)12-2-1-6-21(9-12)10-14-8-19-20-15(14)13-3-7-23-11-13;/h3,7-8,11-12H,1-2,4-6,9-10,17H2,(H,18,22)(H,19,20);1H. The number of nitrogens with zero attached hydrogens (tertiary/aromatic N) is 2. The van der Waals surface area contributed by atoms with Gasteiger partial charge in [0.25, 0.3) is 0 Å². The number of hydrogen-bond acceptors (Lipinski definition) is 5. The van der Waals surface area contributed by atoms with Crippen LogP contribution in [0.15, 0.2) is 23.0 Å². The van der Waals surface area contributed by atoms with Crippen LogP contribution in [0.1, 0.15) is 18.4 Å². The number of nitrogens with one attached hydrogen (secondary N) is 2. The molecule has 1 unspecified atom stereocenters. The highest BCUT2D eigenvalue weighted by Crippen LogP contribution is 2.26. The van der Waals surface area contributed by atoms with Crippen LogP contribution in [0.5, 0.6) is 0 Å². The fourth-order valence-electron chi connectivity index (χ4n) is 3.08. The molecule has 8 heteroatoms. The van der Waals surface area contributed by atoms with Crippen LogP contribution in [0.4, 0.5) is 0 Å². The lowest BCUT2D eigenvalue weighted by atomic mass is 9.96. The number of hydrogen-bond donors (Lipinski definition) is 3. The first kappa shape index (κ1) is 18.9. The van der Waals surface area contributed by atoms with E-state index >= 15 is 0 Å². The minimum atomic E-state index is 0. The second-order valence-electron chi connectivity index (χ2n) is 5.94. The summed E-state index contributed by atoms with van der Waals surface area (Å²) in [5.74, 6) is 0.192. The summed E-state index contributed by atoms with van der Waals surface area (Å²) in [6.45, 7) is 3.68. The molecule has 6 nitrogen and oxygen atoms in total. The molecule has 1 fully saturated rings. The summed E-state index contributed by atoms with van der Waals surface area (Å²) in [5, 5.41) is 14.4. The quantitative estimate of drug-likeness (QED) is 0.725. The molecule has 1 aliphatic rings. The van der Waals surface area contributed by atoms with Crippen molar-refractivity contribution in [1.29, 1.82) is 0 Å². The van der Waals surface area contributed by atoms with E-state index in [1.807, 2.05) is 6.20 Å². The van der Waals surface area contributed by atoms with Gasteiger partial charge >= 0.3 is 0 Å². The fraction of sp³-hybridized carbons (Fsp3) is 0.500. The van der Waals surface area contributed by atoms with Crippen LogP contribution >= 0.6 is 23.7 Å². The predicted octanol–water partition coefficient (Wildman–Crippen LogP) is 1.85. The van der Waals surface area contributed by atoms with Gasteiger partial charge in [0.05, 0.1) is 17.8 Å². The number of nitrogens with two attached hydrogens (primary N) is 1. The first-order valence-electron chi connectivity index (χ1n) is 8.03. The summed E-state index contributed by atoms with van der Waals surface area (Å²) < 4.78 is 0. The first-order chi connectivity index (χ1) is 11.3. The molecule has 3 rings (SSSR count). The summed E-state index contributed by atoms with van der Waals surface area (Å²) >= 11 is 1.68. The summed E-state index contributed by atoms with van der Waals surface area (Å²) in [6.07, 6.45) is 3.90. The zero-order valence-corrected chi connectivity index (χ0v) is 15.2. The van der Waals surface area contributed by atoms with Gasteiger partial charge in [-0.3, -0.25) is 14.8 Å². The monoisotopic (exact) mass is 369 g/mol. The van der Waals surface area contributed by atoms with Crippen molar-refractivity contribution in [2.75, 3.05) is 26.2 Å². The molecule has 2 aromatic rings. The third-order valence-electron chi connectivity index (χ3n) is 4.24. The second-order valence-corrected chi connectivity index (χ2v) is 6.72. The fourth-order valence-corrected chi connectivity index (χ4v) is 3.73. The number of likely N-dealkylation sites (tertiary alicyclic amines) is 1. The Labute approximate surface area is 152 Å². The van der Waals surface area contributed by atoms with Crippen LogP contribution < -0.4 is 11.1 Å². The van der Waals surface area contributed by atoms with Crippen molar-refractivity contribution in [3.63, 3.8) is 0 Å². The van der Waals surface area contributed by atoms with E-state index in [0.717, 1.165) is 38.2 Å². The second kappa shape index (κ2) is 9.17. The van der Waals surface area contributed by atoms with Crippen LogP contribution in [-0.2, 0) is 11.3 Å². The number of aromatic nitrogens is 2. The van der Waals surface area contributed by atoms with E-state index in [2.05, 4.69) is 37.2 Å². The highest BCUT2D eigenvalue weighted by Gasteiger charge is 2.26. The average molecular weight is 370 g/mol. The Balaban J connectivity index is 0.00000208. The molecule has 0 bridgehead atoms. The van der Waals surface area contributed by atoms with Crippen LogP contribution in [0.25, 0.3) is 11.3 Å². The third kappa shape index (κ3) is 4.57. The molecule has 1 atom stereocenters. The molecule has 0 saturated carbocycles. The van der Waals surface area contributed by atoms with Crippen LogP contribution in [0.3, 0.4) is 0 Å². The molecule has 0 radical (unpaired) electrons. The van der Waals surface area contributed by atoms with E-state index in [1.165, 1.54) is 11.1 Å². The van der Waals surface area contributed by atoms with E-state index in [1.54, 1.807) is 11.3 Å². The average Bonchev–Trinajstić information content (AvgIpc) is 3.24. The molecular weight excluding hydrogens is 346 g/mol. The molecule has 3 heterocycles. The minimum absolute atomic E-state index is 0. The van der Waals surface area contributed by atoms with Crippen molar-refractivity contribution < 1.29 is 4.79 Å². The molecule has 1 aliphatic heterocycles. The Kier molecular flexibility index (Phi) is 7.23. The molecule has 2 aromatic heterocycles. The lowest BCUT2D eigenvalue weighted by Crippen LogP contribution is -2.43. The number of H-pyrrole nitrogens is 1. The maximum absolute atomic E-state index is 12.1. The number of amides is 1. The smallest absolute Gasteiger partial charge is 0.224 e. The van der Waals surface area contributed by atoms with Crippen LogP contribution in [0.2, 0.25) is 0 Å². The number of rotatable bonds is 6. The van der Waals surface area contributed by atoms with Gasteiger partial charge in [-0.15, -0.1) is 12.4 Å². The molecule has 24 heavy (non-hydrogen) atoms. The zero-order chi connectivity index (χ0) is 16.1. The summed E-state index contributed by atoms with van der Waals surface area (Å²) in [6, 6.07) is 2.10. The Morgan fingerprint density at radius 3 is 3.17 bits per heavy atom. The van der Waals surface area contributed by atoms with Crippen LogP contribution in [-0.4, -0.2) is 47.2 Å². The number of aromatic amines is 1. The topological polar surface area (TPSA) is 87.0 Å². The maximum atomic E-state index is 12.1. The highest BCUT2D eigenvalue weighted by atomic mass is 35.5. The molecule has 1 amide bonds. The van der Waals surface area contributed by atoms with Crippen molar-refractivity contribution in [2.24, 2.45) is 11.7 Å². The Morgan fingerprint density at radius 1 is 1.54 bits per heavy atom. The van der Waals surface area contributed by atoms with Crippen molar-refractivity contribution >= 4 is 29.7 Å². The summed E-state index contributed by atoms with van der Waals surface area (Å²) in [4.78, 5) is 14.5. The van der Waals surface area contributed by atoms with E-state index in [0.29, 0.717) is 13.1 Å². The van der Waals surface area contributed by atoms with Crippen molar-refractivity contribution in [3.8, 4) is 11.3 Å².